The van der Waals surface area contributed by atoms with Crippen LogP contribution >= 0.6 is 0 Å². The van der Waals surface area contributed by atoms with Gasteiger partial charge in [0.25, 0.3) is 0 Å². The van der Waals surface area contributed by atoms with E-state index in [4.69, 9.17) is 4.74 Å². The van der Waals surface area contributed by atoms with Gasteiger partial charge in [0, 0.05) is 37.2 Å². The highest BCUT2D eigenvalue weighted by Gasteiger charge is 2.25. The SMILES string of the molecule is CCCOc1ccc(CNC(=O)C2CCN(c3cc(-c4cccc(F)c4)ncn3)CC2)cc1. The maximum Gasteiger partial charge on any atom is 0.223 e. The van der Waals surface area contributed by atoms with Crippen LogP contribution < -0.4 is 15.0 Å². The van der Waals surface area contributed by atoms with E-state index in [1.54, 1.807) is 6.07 Å². The third kappa shape index (κ3) is 6.06. The molecular weight excluding hydrogens is 419 g/mol. The number of hydrogen-bond donors (Lipinski definition) is 1. The number of amides is 1. The second-order valence-corrected chi connectivity index (χ2v) is 8.24. The van der Waals surface area contributed by atoms with Crippen LogP contribution in [0.2, 0.25) is 0 Å². The van der Waals surface area contributed by atoms with Crippen LogP contribution in [0.3, 0.4) is 0 Å². The summed E-state index contributed by atoms with van der Waals surface area (Å²) in [4.78, 5) is 23.5. The van der Waals surface area contributed by atoms with Crippen LogP contribution in [-0.2, 0) is 11.3 Å². The normalized spacial score (nSPS) is 14.2. The summed E-state index contributed by atoms with van der Waals surface area (Å²) in [6, 6.07) is 16.1. The molecule has 4 rings (SSSR count). The van der Waals surface area contributed by atoms with Gasteiger partial charge in [0.05, 0.1) is 12.3 Å². The van der Waals surface area contributed by atoms with Gasteiger partial charge in [-0.15, -0.1) is 0 Å². The molecule has 1 amide bonds. The summed E-state index contributed by atoms with van der Waals surface area (Å²) in [5.74, 6) is 1.43. The number of carbonyl (C=O) groups is 1. The van der Waals surface area contributed by atoms with Crippen LogP contribution in [0.15, 0.2) is 60.9 Å². The van der Waals surface area contributed by atoms with E-state index in [0.29, 0.717) is 18.8 Å². The Hall–Kier alpha value is -3.48. The molecule has 0 atom stereocenters. The van der Waals surface area contributed by atoms with Gasteiger partial charge in [0.15, 0.2) is 0 Å². The van der Waals surface area contributed by atoms with Crippen molar-refractivity contribution in [2.45, 2.75) is 32.7 Å². The van der Waals surface area contributed by atoms with Crippen molar-refractivity contribution in [1.29, 1.82) is 0 Å². The highest BCUT2D eigenvalue weighted by molar-refractivity contribution is 5.79. The molecule has 1 aliphatic heterocycles. The van der Waals surface area contributed by atoms with E-state index in [0.717, 1.165) is 55.0 Å². The highest BCUT2D eigenvalue weighted by Crippen LogP contribution is 2.25. The van der Waals surface area contributed by atoms with Crippen LogP contribution in [0.25, 0.3) is 11.3 Å². The quantitative estimate of drug-likeness (QED) is 0.545. The third-order valence-electron chi connectivity index (χ3n) is 5.83. The van der Waals surface area contributed by atoms with E-state index in [2.05, 4.69) is 27.1 Å². The van der Waals surface area contributed by atoms with Gasteiger partial charge in [-0.1, -0.05) is 31.2 Å². The van der Waals surface area contributed by atoms with Crippen molar-refractivity contribution in [3.8, 4) is 17.0 Å². The second kappa shape index (κ2) is 10.9. The van der Waals surface area contributed by atoms with Crippen LogP contribution in [0.1, 0.15) is 31.7 Å². The zero-order chi connectivity index (χ0) is 23.0. The first-order chi connectivity index (χ1) is 16.1. The zero-order valence-electron chi connectivity index (χ0n) is 18.8. The second-order valence-electron chi connectivity index (χ2n) is 8.24. The maximum absolute atomic E-state index is 13.6. The van der Waals surface area contributed by atoms with E-state index in [-0.39, 0.29) is 17.6 Å². The van der Waals surface area contributed by atoms with E-state index in [1.807, 2.05) is 36.4 Å². The number of hydrogen-bond acceptors (Lipinski definition) is 5. The van der Waals surface area contributed by atoms with E-state index in [1.165, 1.54) is 18.5 Å². The molecule has 1 aliphatic rings. The minimum absolute atomic E-state index is 0.0158. The molecule has 33 heavy (non-hydrogen) atoms. The topological polar surface area (TPSA) is 67.3 Å². The van der Waals surface area contributed by atoms with Gasteiger partial charge in [-0.2, -0.15) is 0 Å². The minimum Gasteiger partial charge on any atom is -0.494 e. The summed E-state index contributed by atoms with van der Waals surface area (Å²) in [6.45, 7) is 4.76. The molecule has 0 saturated carbocycles. The van der Waals surface area contributed by atoms with Crippen molar-refractivity contribution in [2.24, 2.45) is 5.92 Å². The molecule has 6 nitrogen and oxygen atoms in total. The van der Waals surface area contributed by atoms with E-state index < -0.39 is 0 Å². The zero-order valence-corrected chi connectivity index (χ0v) is 18.8. The Balaban J connectivity index is 1.28. The smallest absolute Gasteiger partial charge is 0.223 e. The fourth-order valence-electron chi connectivity index (χ4n) is 3.95. The Kier molecular flexibility index (Phi) is 7.50. The lowest BCUT2D eigenvalue weighted by Gasteiger charge is -2.32. The molecule has 1 N–H and O–H groups in total. The molecule has 0 bridgehead atoms. The van der Waals surface area contributed by atoms with Crippen molar-refractivity contribution >= 4 is 11.7 Å². The Labute approximate surface area is 193 Å². The van der Waals surface area contributed by atoms with Gasteiger partial charge in [-0.3, -0.25) is 4.79 Å². The molecule has 7 heteroatoms. The number of benzene rings is 2. The Morgan fingerprint density at radius 3 is 2.64 bits per heavy atom. The largest absolute Gasteiger partial charge is 0.494 e. The molecule has 1 aromatic heterocycles. The number of anilines is 1. The average Bonchev–Trinajstić information content (AvgIpc) is 2.87. The van der Waals surface area contributed by atoms with Gasteiger partial charge in [0.2, 0.25) is 5.91 Å². The summed E-state index contributed by atoms with van der Waals surface area (Å²) in [5.41, 5.74) is 2.46. The van der Waals surface area contributed by atoms with Gasteiger partial charge in [0.1, 0.15) is 23.7 Å². The predicted molar refractivity (Wildman–Crippen MR) is 126 cm³/mol. The van der Waals surface area contributed by atoms with Crippen LogP contribution in [-0.4, -0.2) is 35.6 Å². The number of ether oxygens (including phenoxy) is 1. The molecule has 0 radical (unpaired) electrons. The summed E-state index contributed by atoms with van der Waals surface area (Å²) in [7, 11) is 0. The molecule has 0 unspecified atom stereocenters. The molecular formula is C26H29FN4O2. The van der Waals surface area contributed by atoms with Crippen molar-refractivity contribution in [2.75, 3.05) is 24.6 Å². The summed E-state index contributed by atoms with van der Waals surface area (Å²) < 4.78 is 19.2. The van der Waals surface area contributed by atoms with Gasteiger partial charge >= 0.3 is 0 Å². The molecule has 1 fully saturated rings. The monoisotopic (exact) mass is 448 g/mol. The lowest BCUT2D eigenvalue weighted by molar-refractivity contribution is -0.125. The summed E-state index contributed by atoms with van der Waals surface area (Å²) >= 11 is 0. The Morgan fingerprint density at radius 1 is 1.12 bits per heavy atom. The number of nitrogens with zero attached hydrogens (tertiary/aromatic N) is 3. The van der Waals surface area contributed by atoms with Crippen molar-refractivity contribution in [3.63, 3.8) is 0 Å². The first-order valence-electron chi connectivity index (χ1n) is 11.4. The van der Waals surface area contributed by atoms with Crippen molar-refractivity contribution < 1.29 is 13.9 Å². The molecule has 2 heterocycles. The van der Waals surface area contributed by atoms with Crippen LogP contribution in [0.4, 0.5) is 10.2 Å². The Bertz CT molecular complexity index is 1070. The van der Waals surface area contributed by atoms with Crippen LogP contribution in [0, 0.1) is 11.7 Å². The molecule has 1 saturated heterocycles. The van der Waals surface area contributed by atoms with Gasteiger partial charge in [-0.25, -0.2) is 14.4 Å². The maximum atomic E-state index is 13.6. The van der Waals surface area contributed by atoms with Crippen LogP contribution in [0.5, 0.6) is 5.75 Å². The first kappa shape index (κ1) is 22.7. The Morgan fingerprint density at radius 2 is 1.91 bits per heavy atom. The standard InChI is InChI=1S/C26H29FN4O2/c1-2-14-33-23-8-6-19(7-9-23)17-28-26(32)20-10-12-31(13-11-20)25-16-24(29-18-30-25)21-4-3-5-22(27)15-21/h3-9,15-16,18,20H,2,10-14,17H2,1H3,(H,28,32). The number of aromatic nitrogens is 2. The van der Waals surface area contributed by atoms with Gasteiger partial charge < -0.3 is 15.0 Å². The fraction of sp³-hybridized carbons (Fsp3) is 0.346. The molecule has 3 aromatic rings. The molecule has 2 aromatic carbocycles. The fourth-order valence-corrected chi connectivity index (χ4v) is 3.95. The lowest BCUT2D eigenvalue weighted by Crippen LogP contribution is -2.40. The lowest BCUT2D eigenvalue weighted by atomic mass is 9.95. The summed E-state index contributed by atoms with van der Waals surface area (Å²) in [6.07, 6.45) is 4.00. The van der Waals surface area contributed by atoms with E-state index >= 15 is 0 Å². The molecule has 0 spiro atoms. The third-order valence-corrected chi connectivity index (χ3v) is 5.83. The number of halogens is 1. The summed E-state index contributed by atoms with van der Waals surface area (Å²) in [5, 5.41) is 3.06. The minimum atomic E-state index is -0.291. The number of piperidine rings is 1. The van der Waals surface area contributed by atoms with E-state index in [9.17, 15) is 9.18 Å². The van der Waals surface area contributed by atoms with Crippen molar-refractivity contribution in [1.82, 2.24) is 15.3 Å². The predicted octanol–water partition coefficient (Wildman–Crippen LogP) is 4.60. The average molecular weight is 449 g/mol. The molecule has 172 valence electrons. The van der Waals surface area contributed by atoms with Gasteiger partial charge in [-0.05, 0) is 49.1 Å². The number of rotatable bonds is 8. The number of nitrogens with one attached hydrogen (secondary N) is 1. The molecule has 0 aliphatic carbocycles. The first-order valence-corrected chi connectivity index (χ1v) is 11.4. The van der Waals surface area contributed by atoms with Crippen molar-refractivity contribution in [3.05, 3.63) is 72.3 Å². The number of carbonyl (C=O) groups excluding carboxylic acids is 1. The highest BCUT2D eigenvalue weighted by atomic mass is 19.1.